The Morgan fingerprint density at radius 2 is 2.09 bits per heavy atom. The van der Waals surface area contributed by atoms with Gasteiger partial charge in [-0.15, -0.1) is 0 Å². The fourth-order valence-electron chi connectivity index (χ4n) is 2.25. The number of anilines is 1. The molecule has 10 nitrogen and oxygen atoms in total. The first kappa shape index (κ1) is 16.4. The first-order chi connectivity index (χ1) is 11.0. The van der Waals surface area contributed by atoms with E-state index >= 15 is 0 Å². The van der Waals surface area contributed by atoms with Gasteiger partial charge in [-0.2, -0.15) is 5.10 Å². The van der Waals surface area contributed by atoms with Gasteiger partial charge in [0.25, 0.3) is 5.69 Å². The van der Waals surface area contributed by atoms with Crippen LogP contribution in [0.1, 0.15) is 11.1 Å². The molecule has 0 aliphatic rings. The molecular weight excluding hydrogens is 306 g/mol. The van der Waals surface area contributed by atoms with Crippen LogP contribution in [0, 0.1) is 27.2 Å². The number of hydrogen-bond donors (Lipinski definition) is 2. The Morgan fingerprint density at radius 3 is 2.61 bits per heavy atom. The lowest BCUT2D eigenvalue weighted by Gasteiger charge is -2.12. The fourth-order valence-corrected chi connectivity index (χ4v) is 2.25. The summed E-state index contributed by atoms with van der Waals surface area (Å²) in [5.74, 6) is 0. The summed E-state index contributed by atoms with van der Waals surface area (Å²) in [6.45, 7) is 1.55. The van der Waals surface area contributed by atoms with Crippen molar-refractivity contribution in [1.29, 1.82) is 0 Å². The summed E-state index contributed by atoms with van der Waals surface area (Å²) in [6, 6.07) is 2.88. The van der Waals surface area contributed by atoms with Gasteiger partial charge in [-0.3, -0.25) is 24.9 Å². The number of hydrogen-bond acceptors (Lipinski definition) is 7. The Bertz CT molecular complexity index is 729. The molecule has 1 aromatic carbocycles. The average Bonchev–Trinajstić information content (AvgIpc) is 3.00. The smallest absolute Gasteiger partial charge is 0.302 e. The lowest BCUT2D eigenvalue weighted by molar-refractivity contribution is -0.392. The predicted octanol–water partition coefficient (Wildman–Crippen LogP) is 1.61. The van der Waals surface area contributed by atoms with Crippen LogP contribution in [-0.4, -0.2) is 31.3 Å². The summed E-state index contributed by atoms with van der Waals surface area (Å²) in [6.07, 6.45) is 3.30. The van der Waals surface area contributed by atoms with Gasteiger partial charge in [0.1, 0.15) is 0 Å². The lowest BCUT2D eigenvalue weighted by atomic mass is 10.0. The number of nitro groups is 2. The fraction of sp³-hybridized carbons (Fsp3) is 0.308. The Kier molecular flexibility index (Phi) is 4.86. The van der Waals surface area contributed by atoms with Crippen LogP contribution in [-0.2, 0) is 13.2 Å². The van der Waals surface area contributed by atoms with Crippen LogP contribution >= 0.6 is 0 Å². The van der Waals surface area contributed by atoms with Crippen molar-refractivity contribution in [3.63, 3.8) is 0 Å². The second-order valence-corrected chi connectivity index (χ2v) is 4.77. The summed E-state index contributed by atoms with van der Waals surface area (Å²) in [7, 11) is 0. The van der Waals surface area contributed by atoms with Crippen LogP contribution < -0.4 is 5.32 Å². The molecule has 1 heterocycles. The number of aliphatic hydroxyl groups excluding tert-OH is 1. The molecule has 0 fully saturated rings. The molecular formula is C13H15N5O5. The molecule has 0 saturated heterocycles. The van der Waals surface area contributed by atoms with Gasteiger partial charge in [-0.1, -0.05) is 0 Å². The number of nitrogens with zero attached hydrogens (tertiary/aromatic N) is 4. The summed E-state index contributed by atoms with van der Waals surface area (Å²) >= 11 is 0. The summed E-state index contributed by atoms with van der Waals surface area (Å²) < 4.78 is 1.60. The highest BCUT2D eigenvalue weighted by atomic mass is 16.6. The number of aromatic nitrogens is 2. The SMILES string of the molecule is Cc1c(CO)cc([N+](=O)[O-])c(NCCn2cccn2)c1[N+](=O)[O-]. The summed E-state index contributed by atoms with van der Waals surface area (Å²) in [5.41, 5.74) is -0.650. The van der Waals surface area contributed by atoms with Crippen LogP contribution in [0.2, 0.25) is 0 Å². The maximum atomic E-state index is 11.3. The average molecular weight is 321 g/mol. The summed E-state index contributed by atoms with van der Waals surface area (Å²) in [5, 5.41) is 38.5. The Balaban J connectivity index is 2.39. The third-order valence-electron chi connectivity index (χ3n) is 3.39. The van der Waals surface area contributed by atoms with Crippen molar-refractivity contribution in [3.05, 3.63) is 55.9 Å². The standard InChI is InChI=1S/C13H15N5O5/c1-9-10(8-19)7-11(17(20)21)12(13(9)18(22)23)14-4-6-16-5-2-3-15-16/h2-3,5,7,14,19H,4,6,8H2,1H3. The minimum atomic E-state index is -0.707. The predicted molar refractivity (Wildman–Crippen MR) is 81.1 cm³/mol. The highest BCUT2D eigenvalue weighted by molar-refractivity contribution is 5.77. The molecule has 0 atom stereocenters. The second kappa shape index (κ2) is 6.83. The molecule has 2 rings (SSSR count). The van der Waals surface area contributed by atoms with E-state index in [9.17, 15) is 25.3 Å². The molecule has 2 aromatic rings. The molecule has 0 saturated carbocycles. The van der Waals surface area contributed by atoms with Crippen molar-refractivity contribution < 1.29 is 15.0 Å². The van der Waals surface area contributed by atoms with Crippen LogP contribution in [0.4, 0.5) is 17.1 Å². The summed E-state index contributed by atoms with van der Waals surface area (Å²) in [4.78, 5) is 21.1. The quantitative estimate of drug-likeness (QED) is 0.584. The van der Waals surface area contributed by atoms with E-state index < -0.39 is 27.8 Å². The minimum Gasteiger partial charge on any atom is -0.392 e. The molecule has 0 radical (unpaired) electrons. The zero-order valence-corrected chi connectivity index (χ0v) is 12.3. The highest BCUT2D eigenvalue weighted by Gasteiger charge is 2.29. The molecule has 0 unspecified atom stereocenters. The van der Waals surface area contributed by atoms with E-state index in [1.165, 1.54) is 6.92 Å². The van der Waals surface area contributed by atoms with Crippen molar-refractivity contribution >= 4 is 17.1 Å². The number of benzene rings is 1. The van der Waals surface area contributed by atoms with Gasteiger partial charge < -0.3 is 10.4 Å². The third kappa shape index (κ3) is 3.43. The van der Waals surface area contributed by atoms with Gasteiger partial charge in [-0.05, 0) is 18.6 Å². The molecule has 10 heteroatoms. The second-order valence-electron chi connectivity index (χ2n) is 4.77. The molecule has 0 aliphatic carbocycles. The molecule has 23 heavy (non-hydrogen) atoms. The van der Waals surface area contributed by atoms with E-state index in [2.05, 4.69) is 10.4 Å². The number of rotatable bonds is 7. The molecule has 0 spiro atoms. The van der Waals surface area contributed by atoms with Crippen molar-refractivity contribution in [2.24, 2.45) is 0 Å². The van der Waals surface area contributed by atoms with E-state index in [1.807, 2.05) is 0 Å². The van der Waals surface area contributed by atoms with E-state index in [-0.39, 0.29) is 23.4 Å². The van der Waals surface area contributed by atoms with Gasteiger partial charge in [0, 0.05) is 30.6 Å². The zero-order chi connectivity index (χ0) is 17.0. The zero-order valence-electron chi connectivity index (χ0n) is 12.3. The van der Waals surface area contributed by atoms with Crippen LogP contribution in [0.3, 0.4) is 0 Å². The number of nitro benzene ring substituents is 2. The van der Waals surface area contributed by atoms with Crippen molar-refractivity contribution in [2.75, 3.05) is 11.9 Å². The van der Waals surface area contributed by atoms with Gasteiger partial charge in [0.05, 0.1) is 23.0 Å². The van der Waals surface area contributed by atoms with E-state index in [0.29, 0.717) is 6.54 Å². The first-order valence-corrected chi connectivity index (χ1v) is 6.73. The normalized spacial score (nSPS) is 10.5. The molecule has 0 amide bonds. The van der Waals surface area contributed by atoms with Gasteiger partial charge in [-0.25, -0.2) is 0 Å². The number of nitrogens with one attached hydrogen (secondary N) is 1. The third-order valence-corrected chi connectivity index (χ3v) is 3.39. The minimum absolute atomic E-state index is 0.154. The molecule has 0 bridgehead atoms. The van der Waals surface area contributed by atoms with Crippen LogP contribution in [0.5, 0.6) is 0 Å². The van der Waals surface area contributed by atoms with E-state index in [1.54, 1.807) is 23.1 Å². The van der Waals surface area contributed by atoms with Gasteiger partial charge in [0.2, 0.25) is 0 Å². The van der Waals surface area contributed by atoms with Crippen molar-refractivity contribution in [2.45, 2.75) is 20.1 Å². The Labute approximate surface area is 130 Å². The van der Waals surface area contributed by atoms with Gasteiger partial charge in [0.15, 0.2) is 5.69 Å². The Hall–Kier alpha value is -3.01. The topological polar surface area (TPSA) is 136 Å². The van der Waals surface area contributed by atoms with Crippen molar-refractivity contribution in [1.82, 2.24) is 9.78 Å². The number of aliphatic hydroxyl groups is 1. The maximum absolute atomic E-state index is 11.3. The van der Waals surface area contributed by atoms with Crippen LogP contribution in [0.25, 0.3) is 0 Å². The van der Waals surface area contributed by atoms with Crippen LogP contribution in [0.15, 0.2) is 24.5 Å². The largest absolute Gasteiger partial charge is 0.392 e. The maximum Gasteiger partial charge on any atom is 0.302 e. The monoisotopic (exact) mass is 321 g/mol. The lowest BCUT2D eigenvalue weighted by Crippen LogP contribution is -2.14. The Morgan fingerprint density at radius 1 is 1.35 bits per heavy atom. The molecule has 122 valence electrons. The van der Waals surface area contributed by atoms with E-state index in [4.69, 9.17) is 0 Å². The molecule has 2 N–H and O–H groups in total. The van der Waals surface area contributed by atoms with Gasteiger partial charge >= 0.3 is 5.69 Å². The highest BCUT2D eigenvalue weighted by Crippen LogP contribution is 2.39. The molecule has 0 aliphatic heterocycles. The first-order valence-electron chi connectivity index (χ1n) is 6.73. The van der Waals surface area contributed by atoms with Crippen molar-refractivity contribution in [3.8, 4) is 0 Å². The van der Waals surface area contributed by atoms with E-state index in [0.717, 1.165) is 6.07 Å². The molecule has 1 aromatic heterocycles.